The average molecular weight is 306 g/mol. The van der Waals surface area contributed by atoms with E-state index in [1.807, 2.05) is 13.0 Å². The summed E-state index contributed by atoms with van der Waals surface area (Å²) in [6.45, 7) is 6.11. The molecule has 0 unspecified atom stereocenters. The molecule has 0 aliphatic rings. The van der Waals surface area contributed by atoms with E-state index in [1.165, 1.54) is 28.7 Å². The van der Waals surface area contributed by atoms with Crippen molar-refractivity contribution in [3.63, 3.8) is 0 Å². The third kappa shape index (κ3) is 3.67. The van der Waals surface area contributed by atoms with E-state index < -0.39 is 0 Å². The summed E-state index contributed by atoms with van der Waals surface area (Å²) in [5, 5.41) is 8.93. The molecule has 1 aromatic heterocycles. The molecule has 1 heterocycles. The maximum absolute atomic E-state index is 12.4. The molecule has 2 rings (SSSR count). The number of hydrogen-bond acceptors (Lipinski definition) is 5. The number of rotatable bonds is 6. The normalized spacial score (nSPS) is 10.8. The fraction of sp³-hybridized carbons (Fsp3) is 0.400. The second-order valence-corrected chi connectivity index (χ2v) is 6.90. The van der Waals surface area contributed by atoms with Gasteiger partial charge in [0, 0.05) is 5.56 Å². The van der Waals surface area contributed by atoms with E-state index in [2.05, 4.69) is 36.2 Å². The van der Waals surface area contributed by atoms with Gasteiger partial charge < -0.3 is 0 Å². The van der Waals surface area contributed by atoms with Crippen molar-refractivity contribution in [1.82, 2.24) is 10.2 Å². The summed E-state index contributed by atoms with van der Waals surface area (Å²) in [7, 11) is 0. The Balaban J connectivity index is 2.11. The van der Waals surface area contributed by atoms with Crippen LogP contribution in [0.4, 0.5) is 0 Å². The number of benzene rings is 1. The van der Waals surface area contributed by atoms with Crippen LogP contribution in [0.15, 0.2) is 22.5 Å². The van der Waals surface area contributed by atoms with Crippen molar-refractivity contribution in [3.8, 4) is 0 Å². The Hall–Kier alpha value is -1.20. The zero-order valence-corrected chi connectivity index (χ0v) is 13.6. The van der Waals surface area contributed by atoms with Crippen molar-refractivity contribution < 1.29 is 4.79 Å². The van der Waals surface area contributed by atoms with Crippen molar-refractivity contribution >= 4 is 28.9 Å². The highest BCUT2D eigenvalue weighted by molar-refractivity contribution is 8.01. The van der Waals surface area contributed by atoms with Crippen LogP contribution in [-0.4, -0.2) is 21.7 Å². The second-order valence-electron chi connectivity index (χ2n) is 4.50. The minimum atomic E-state index is 0.176. The molecule has 0 radical (unpaired) electrons. The van der Waals surface area contributed by atoms with Crippen molar-refractivity contribution in [2.24, 2.45) is 0 Å². The summed E-state index contributed by atoms with van der Waals surface area (Å²) in [6, 6.07) is 6.22. The van der Waals surface area contributed by atoms with Gasteiger partial charge in [0.2, 0.25) is 0 Å². The van der Waals surface area contributed by atoms with Crippen LogP contribution < -0.4 is 0 Å². The summed E-state index contributed by atoms with van der Waals surface area (Å²) in [6.07, 6.45) is 1.83. The summed E-state index contributed by atoms with van der Waals surface area (Å²) in [4.78, 5) is 12.4. The van der Waals surface area contributed by atoms with Gasteiger partial charge in [0.25, 0.3) is 0 Å². The van der Waals surface area contributed by atoms with Crippen LogP contribution in [0.1, 0.15) is 40.3 Å². The van der Waals surface area contributed by atoms with Gasteiger partial charge in [0.1, 0.15) is 5.01 Å². The van der Waals surface area contributed by atoms with Gasteiger partial charge >= 0.3 is 0 Å². The van der Waals surface area contributed by atoms with Gasteiger partial charge in [-0.05, 0) is 37.0 Å². The number of carbonyl (C=O) groups is 1. The van der Waals surface area contributed by atoms with Crippen LogP contribution in [0.5, 0.6) is 0 Å². The monoisotopic (exact) mass is 306 g/mol. The number of Topliss-reactive ketones (excluding diaryl/α,β-unsaturated/α-hetero) is 1. The second kappa shape index (κ2) is 6.99. The number of aromatic nitrogens is 2. The van der Waals surface area contributed by atoms with E-state index in [0.29, 0.717) is 5.75 Å². The quantitative estimate of drug-likeness (QED) is 0.599. The number of aryl methyl sites for hydroxylation is 3. The minimum absolute atomic E-state index is 0.176. The summed E-state index contributed by atoms with van der Waals surface area (Å²) < 4.78 is 0.862. The van der Waals surface area contributed by atoms with Crippen LogP contribution in [0.3, 0.4) is 0 Å². The molecule has 0 saturated heterocycles. The van der Waals surface area contributed by atoms with Crippen molar-refractivity contribution in [1.29, 1.82) is 0 Å². The molecule has 1 aromatic carbocycles. The largest absolute Gasteiger partial charge is 0.293 e. The Bertz CT molecular complexity index is 608. The lowest BCUT2D eigenvalue weighted by Gasteiger charge is -2.08. The first-order valence-corrected chi connectivity index (χ1v) is 8.52. The van der Waals surface area contributed by atoms with Gasteiger partial charge in [0.05, 0.1) is 5.75 Å². The fourth-order valence-electron chi connectivity index (χ4n) is 1.95. The molecule has 2 aromatic rings. The summed E-state index contributed by atoms with van der Waals surface area (Å²) in [5.74, 6) is 0.601. The number of carbonyl (C=O) groups excluding carboxylic acids is 1. The highest BCUT2D eigenvalue weighted by Gasteiger charge is 2.13. The molecule has 0 N–H and O–H groups in total. The lowest BCUT2D eigenvalue weighted by atomic mass is 9.98. The topological polar surface area (TPSA) is 42.9 Å². The molecule has 20 heavy (non-hydrogen) atoms. The van der Waals surface area contributed by atoms with Gasteiger partial charge in [-0.2, -0.15) is 0 Å². The zero-order chi connectivity index (χ0) is 14.5. The predicted molar refractivity (Wildman–Crippen MR) is 84.9 cm³/mol. The lowest BCUT2D eigenvalue weighted by molar-refractivity contribution is 0.102. The number of hydrogen-bond donors (Lipinski definition) is 0. The summed E-state index contributed by atoms with van der Waals surface area (Å²) >= 11 is 3.00. The number of nitrogens with zero attached hydrogens (tertiary/aromatic N) is 2. The Morgan fingerprint density at radius 1 is 1.25 bits per heavy atom. The number of thioether (sulfide) groups is 1. The molecule has 3 nitrogen and oxygen atoms in total. The first-order valence-electron chi connectivity index (χ1n) is 6.72. The van der Waals surface area contributed by atoms with Crippen LogP contribution in [0.2, 0.25) is 0 Å². The molecular weight excluding hydrogens is 288 g/mol. The molecular formula is C15H18N2OS2. The third-order valence-corrected chi connectivity index (χ3v) is 5.07. The Morgan fingerprint density at radius 3 is 2.65 bits per heavy atom. The van der Waals surface area contributed by atoms with E-state index in [0.717, 1.165) is 33.3 Å². The van der Waals surface area contributed by atoms with Crippen LogP contribution in [0, 0.1) is 6.92 Å². The van der Waals surface area contributed by atoms with E-state index in [4.69, 9.17) is 0 Å². The molecule has 0 spiro atoms. The van der Waals surface area contributed by atoms with Crippen LogP contribution in [0.25, 0.3) is 0 Å². The minimum Gasteiger partial charge on any atom is -0.293 e. The standard InChI is InChI=1S/C15H18N2OS2/c1-4-11-6-7-12(5-2)13(8-11)14(18)9-19-15-17-16-10(3)20-15/h6-8H,4-5,9H2,1-3H3. The van der Waals surface area contributed by atoms with E-state index in [1.54, 1.807) is 0 Å². The smallest absolute Gasteiger partial charge is 0.174 e. The molecule has 0 amide bonds. The van der Waals surface area contributed by atoms with Crippen LogP contribution >= 0.6 is 23.1 Å². The fourth-order valence-corrected chi connectivity index (χ4v) is 3.65. The maximum atomic E-state index is 12.4. The van der Waals surface area contributed by atoms with Crippen molar-refractivity contribution in [3.05, 3.63) is 39.9 Å². The first kappa shape index (κ1) is 15.2. The van der Waals surface area contributed by atoms with Crippen molar-refractivity contribution in [2.75, 3.05) is 5.75 Å². The molecule has 106 valence electrons. The Labute approximate surface area is 127 Å². The predicted octanol–water partition coefficient (Wildman–Crippen LogP) is 3.95. The van der Waals surface area contributed by atoms with Crippen molar-refractivity contribution in [2.45, 2.75) is 38.0 Å². The molecule has 0 fully saturated rings. The van der Waals surface area contributed by atoms with E-state index >= 15 is 0 Å². The Kier molecular flexibility index (Phi) is 5.31. The van der Waals surface area contributed by atoms with Crippen LogP contribution in [-0.2, 0) is 12.8 Å². The van der Waals surface area contributed by atoms with Gasteiger partial charge in [-0.15, -0.1) is 10.2 Å². The highest BCUT2D eigenvalue weighted by Crippen LogP contribution is 2.24. The van der Waals surface area contributed by atoms with E-state index in [-0.39, 0.29) is 5.78 Å². The molecule has 0 bridgehead atoms. The molecule has 0 saturated carbocycles. The molecule has 5 heteroatoms. The lowest BCUT2D eigenvalue weighted by Crippen LogP contribution is -2.07. The summed E-state index contributed by atoms with van der Waals surface area (Å²) in [5.41, 5.74) is 3.20. The van der Waals surface area contributed by atoms with Gasteiger partial charge in [-0.3, -0.25) is 4.79 Å². The third-order valence-electron chi connectivity index (χ3n) is 3.10. The average Bonchev–Trinajstić information content (AvgIpc) is 2.89. The number of ketones is 1. The van der Waals surface area contributed by atoms with Gasteiger partial charge in [-0.1, -0.05) is 49.1 Å². The van der Waals surface area contributed by atoms with E-state index in [9.17, 15) is 4.79 Å². The molecule has 0 aliphatic heterocycles. The van der Waals surface area contributed by atoms with Gasteiger partial charge in [0.15, 0.2) is 10.1 Å². The first-order chi connectivity index (χ1) is 9.63. The SMILES string of the molecule is CCc1ccc(CC)c(C(=O)CSc2nnc(C)s2)c1. The maximum Gasteiger partial charge on any atom is 0.174 e. The molecule has 0 atom stereocenters. The Morgan fingerprint density at radius 2 is 2.05 bits per heavy atom. The van der Waals surface area contributed by atoms with Gasteiger partial charge in [-0.25, -0.2) is 0 Å². The molecule has 0 aliphatic carbocycles. The zero-order valence-electron chi connectivity index (χ0n) is 12.0. The highest BCUT2D eigenvalue weighted by atomic mass is 32.2.